The van der Waals surface area contributed by atoms with Crippen molar-refractivity contribution >= 4 is 5.69 Å². The third-order valence-corrected chi connectivity index (χ3v) is 1.91. The molecule has 0 fully saturated rings. The Morgan fingerprint density at radius 2 is 1.91 bits per heavy atom. The molecule has 0 atom stereocenters. The molecule has 1 nitrogen and oxygen atoms in total. The Morgan fingerprint density at radius 1 is 1.09 bits per heavy atom. The molecule has 0 aromatic heterocycles. The highest BCUT2D eigenvalue weighted by molar-refractivity contribution is 5.50. The van der Waals surface area contributed by atoms with E-state index in [4.69, 9.17) is 0 Å². The predicted octanol–water partition coefficient (Wildman–Crippen LogP) is 2.41. The fourth-order valence-corrected chi connectivity index (χ4v) is 1.32. The van der Waals surface area contributed by atoms with Gasteiger partial charge in [0.15, 0.2) is 0 Å². The fourth-order valence-electron chi connectivity index (χ4n) is 1.32. The number of anilines is 1. The van der Waals surface area contributed by atoms with E-state index in [1.165, 1.54) is 12.1 Å². The Balaban J connectivity index is 2.23. The molecule has 1 aliphatic heterocycles. The molecule has 0 aliphatic carbocycles. The average Bonchev–Trinajstić information content (AvgIpc) is 2.58. The molecule has 1 aromatic rings. The molecule has 11 heavy (non-hydrogen) atoms. The van der Waals surface area contributed by atoms with Crippen molar-refractivity contribution in [3.05, 3.63) is 42.6 Å². The van der Waals surface area contributed by atoms with Gasteiger partial charge < -0.3 is 4.90 Å². The molecule has 0 saturated carbocycles. The molecule has 0 amide bonds. The summed E-state index contributed by atoms with van der Waals surface area (Å²) < 4.78 is 0. The van der Waals surface area contributed by atoms with Crippen LogP contribution in [-0.4, -0.2) is 6.54 Å². The third-order valence-electron chi connectivity index (χ3n) is 1.91. The van der Waals surface area contributed by atoms with Gasteiger partial charge in [-0.05, 0) is 18.6 Å². The summed E-state index contributed by atoms with van der Waals surface area (Å²) in [6.07, 6.45) is 5.53. The summed E-state index contributed by atoms with van der Waals surface area (Å²) in [7, 11) is 0. The van der Waals surface area contributed by atoms with Crippen LogP contribution in [0.3, 0.4) is 0 Å². The van der Waals surface area contributed by atoms with Crippen molar-refractivity contribution in [3.63, 3.8) is 0 Å². The van der Waals surface area contributed by atoms with E-state index in [0.29, 0.717) is 0 Å². The zero-order valence-electron chi connectivity index (χ0n) is 6.40. The van der Waals surface area contributed by atoms with E-state index in [0.717, 1.165) is 6.54 Å². The van der Waals surface area contributed by atoms with Gasteiger partial charge in [-0.3, -0.25) is 0 Å². The highest BCUT2D eigenvalue weighted by Crippen LogP contribution is 2.17. The van der Waals surface area contributed by atoms with Gasteiger partial charge in [-0.2, -0.15) is 0 Å². The molecule has 56 valence electrons. The van der Waals surface area contributed by atoms with Crippen molar-refractivity contribution in [1.29, 1.82) is 0 Å². The summed E-state index contributed by atoms with van der Waals surface area (Å²) in [6.45, 7) is 1.13. The Bertz CT molecular complexity index is 251. The van der Waals surface area contributed by atoms with Crippen LogP contribution in [0.2, 0.25) is 0 Å². The van der Waals surface area contributed by atoms with E-state index in [-0.39, 0.29) is 0 Å². The van der Waals surface area contributed by atoms with Gasteiger partial charge in [0.05, 0.1) is 0 Å². The number of hydrogen-bond donors (Lipinski definition) is 0. The van der Waals surface area contributed by atoms with E-state index in [1.807, 2.05) is 6.07 Å². The Labute approximate surface area is 67.0 Å². The van der Waals surface area contributed by atoms with Gasteiger partial charge in [-0.15, -0.1) is 0 Å². The molecule has 1 aromatic carbocycles. The van der Waals surface area contributed by atoms with Crippen molar-refractivity contribution in [1.82, 2.24) is 0 Å². The quantitative estimate of drug-likeness (QED) is 0.586. The summed E-state index contributed by atoms with van der Waals surface area (Å²) >= 11 is 0. The van der Waals surface area contributed by atoms with Crippen LogP contribution >= 0.6 is 0 Å². The van der Waals surface area contributed by atoms with E-state index in [9.17, 15) is 0 Å². The number of rotatable bonds is 1. The molecule has 1 aliphatic rings. The minimum Gasteiger partial charge on any atom is -0.348 e. The summed E-state index contributed by atoms with van der Waals surface area (Å²) in [5.74, 6) is 0. The molecule has 1 heterocycles. The molecule has 0 radical (unpaired) electrons. The van der Waals surface area contributed by atoms with Crippen LogP contribution in [0.1, 0.15) is 6.42 Å². The molecular formula is C10H11N. The second-order valence-electron chi connectivity index (χ2n) is 2.70. The first-order chi connectivity index (χ1) is 5.47. The maximum absolute atomic E-state index is 2.26. The Morgan fingerprint density at radius 3 is 2.55 bits per heavy atom. The van der Waals surface area contributed by atoms with Gasteiger partial charge in [-0.1, -0.05) is 24.3 Å². The van der Waals surface area contributed by atoms with Crippen LogP contribution in [0.25, 0.3) is 0 Å². The van der Waals surface area contributed by atoms with Crippen LogP contribution in [0.15, 0.2) is 42.6 Å². The summed E-state index contributed by atoms with van der Waals surface area (Å²) in [4.78, 5) is 2.26. The van der Waals surface area contributed by atoms with Crippen molar-refractivity contribution in [3.8, 4) is 0 Å². The zero-order valence-corrected chi connectivity index (χ0v) is 6.40. The van der Waals surface area contributed by atoms with Crippen LogP contribution < -0.4 is 4.90 Å². The highest BCUT2D eigenvalue weighted by Gasteiger charge is 2.04. The molecule has 0 saturated heterocycles. The van der Waals surface area contributed by atoms with Crippen LogP contribution in [0, 0.1) is 0 Å². The van der Waals surface area contributed by atoms with Crippen molar-refractivity contribution in [2.75, 3.05) is 11.4 Å². The molecule has 2 rings (SSSR count). The van der Waals surface area contributed by atoms with Crippen LogP contribution in [-0.2, 0) is 0 Å². The topological polar surface area (TPSA) is 3.24 Å². The standard InChI is InChI=1S/C10H11N/c1-2-6-10(7-3-1)11-8-4-5-9-11/h1-4,6-8H,5,9H2. The second-order valence-corrected chi connectivity index (χ2v) is 2.70. The molecule has 1 heteroatoms. The predicted molar refractivity (Wildman–Crippen MR) is 47.5 cm³/mol. The number of hydrogen-bond acceptors (Lipinski definition) is 1. The smallest absolute Gasteiger partial charge is 0.0406 e. The number of nitrogens with zero attached hydrogens (tertiary/aromatic N) is 1. The lowest BCUT2D eigenvalue weighted by atomic mass is 10.3. The summed E-state index contributed by atoms with van der Waals surface area (Å²) in [6, 6.07) is 10.5. The van der Waals surface area contributed by atoms with Crippen molar-refractivity contribution in [2.45, 2.75) is 6.42 Å². The van der Waals surface area contributed by atoms with E-state index in [2.05, 4.69) is 41.4 Å². The number of benzene rings is 1. The minimum absolute atomic E-state index is 1.13. The molecule has 0 spiro atoms. The van der Waals surface area contributed by atoms with Crippen LogP contribution in [0.4, 0.5) is 5.69 Å². The molecular weight excluding hydrogens is 134 g/mol. The fraction of sp³-hybridized carbons (Fsp3) is 0.200. The highest BCUT2D eigenvalue weighted by atomic mass is 15.1. The Kier molecular flexibility index (Phi) is 1.64. The maximum atomic E-state index is 2.26. The third kappa shape index (κ3) is 1.27. The zero-order chi connectivity index (χ0) is 7.52. The first-order valence-electron chi connectivity index (χ1n) is 3.95. The molecule has 0 N–H and O–H groups in total. The van der Waals surface area contributed by atoms with Gasteiger partial charge in [0.2, 0.25) is 0 Å². The monoisotopic (exact) mass is 145 g/mol. The normalized spacial score (nSPS) is 15.8. The second kappa shape index (κ2) is 2.79. The summed E-state index contributed by atoms with van der Waals surface area (Å²) in [5.41, 5.74) is 1.29. The maximum Gasteiger partial charge on any atom is 0.0406 e. The minimum atomic E-state index is 1.13. The lowest BCUT2D eigenvalue weighted by molar-refractivity contribution is 1.000. The molecule has 0 unspecified atom stereocenters. The van der Waals surface area contributed by atoms with Gasteiger partial charge in [-0.25, -0.2) is 0 Å². The first kappa shape index (κ1) is 6.47. The summed E-state index contributed by atoms with van der Waals surface area (Å²) in [5, 5.41) is 0. The average molecular weight is 145 g/mol. The van der Waals surface area contributed by atoms with Gasteiger partial charge in [0, 0.05) is 18.4 Å². The van der Waals surface area contributed by atoms with Gasteiger partial charge >= 0.3 is 0 Å². The van der Waals surface area contributed by atoms with E-state index >= 15 is 0 Å². The van der Waals surface area contributed by atoms with E-state index in [1.54, 1.807) is 0 Å². The van der Waals surface area contributed by atoms with Crippen LogP contribution in [0.5, 0.6) is 0 Å². The van der Waals surface area contributed by atoms with Crippen molar-refractivity contribution in [2.24, 2.45) is 0 Å². The Hall–Kier alpha value is -1.24. The van der Waals surface area contributed by atoms with Crippen molar-refractivity contribution < 1.29 is 0 Å². The lowest BCUT2D eigenvalue weighted by Crippen LogP contribution is -2.11. The SMILES string of the molecule is C1=CN(c2ccccc2)CC1. The largest absolute Gasteiger partial charge is 0.348 e. The lowest BCUT2D eigenvalue weighted by Gasteiger charge is -2.14. The van der Waals surface area contributed by atoms with E-state index < -0.39 is 0 Å². The van der Waals surface area contributed by atoms with Gasteiger partial charge in [0.1, 0.15) is 0 Å². The number of para-hydroxylation sites is 1. The van der Waals surface area contributed by atoms with Gasteiger partial charge in [0.25, 0.3) is 0 Å². The first-order valence-corrected chi connectivity index (χ1v) is 3.95. The molecule has 0 bridgehead atoms.